The molecule has 17 heavy (non-hydrogen) atoms. The van der Waals surface area contributed by atoms with E-state index in [1.54, 1.807) is 0 Å². The third-order valence-corrected chi connectivity index (χ3v) is 4.16. The number of nitrogens with zero attached hydrogens (tertiary/aromatic N) is 1. The van der Waals surface area contributed by atoms with E-state index >= 15 is 0 Å². The molecule has 1 saturated heterocycles. The Morgan fingerprint density at radius 3 is 2.59 bits per heavy atom. The summed E-state index contributed by atoms with van der Waals surface area (Å²) in [6.45, 7) is 4.27. The minimum Gasteiger partial charge on any atom is -0.342 e. The second kappa shape index (κ2) is 6.60. The number of halogens is 1. The van der Waals surface area contributed by atoms with Gasteiger partial charge in [0, 0.05) is 19.0 Å². The Kier molecular flexibility index (Phi) is 5.74. The predicted molar refractivity (Wildman–Crippen MR) is 72.4 cm³/mol. The van der Waals surface area contributed by atoms with Gasteiger partial charge >= 0.3 is 0 Å². The van der Waals surface area contributed by atoms with E-state index in [4.69, 9.17) is 0 Å². The van der Waals surface area contributed by atoms with E-state index in [1.807, 2.05) is 11.9 Å². The molecule has 0 bridgehead atoms. The van der Waals surface area contributed by atoms with Crippen LogP contribution in [0.25, 0.3) is 0 Å². The second-order valence-corrected chi connectivity index (χ2v) is 5.41. The Labute approximate surface area is 111 Å². The Hall–Kier alpha value is -0.280. The van der Waals surface area contributed by atoms with Crippen LogP contribution in [0.2, 0.25) is 0 Å². The normalized spacial score (nSPS) is 26.6. The lowest BCUT2D eigenvalue weighted by Gasteiger charge is -2.29. The van der Waals surface area contributed by atoms with Gasteiger partial charge in [-0.2, -0.15) is 0 Å². The summed E-state index contributed by atoms with van der Waals surface area (Å²) in [5, 5.41) is 3.40. The van der Waals surface area contributed by atoms with Gasteiger partial charge in [0.2, 0.25) is 5.91 Å². The fourth-order valence-corrected chi connectivity index (χ4v) is 2.69. The van der Waals surface area contributed by atoms with Gasteiger partial charge < -0.3 is 10.2 Å². The quantitative estimate of drug-likeness (QED) is 0.843. The van der Waals surface area contributed by atoms with Crippen LogP contribution in [0.1, 0.15) is 39.0 Å². The van der Waals surface area contributed by atoms with Crippen molar-refractivity contribution in [2.45, 2.75) is 45.1 Å². The fourth-order valence-electron chi connectivity index (χ4n) is 2.69. The highest BCUT2D eigenvalue weighted by Gasteiger charge is 2.35. The van der Waals surface area contributed by atoms with Gasteiger partial charge in [0.15, 0.2) is 0 Å². The molecule has 2 fully saturated rings. The van der Waals surface area contributed by atoms with Crippen molar-refractivity contribution >= 4 is 18.3 Å². The minimum atomic E-state index is 0. The predicted octanol–water partition coefficient (Wildman–Crippen LogP) is 2.05. The van der Waals surface area contributed by atoms with Gasteiger partial charge in [0.1, 0.15) is 0 Å². The molecule has 2 atom stereocenters. The maximum atomic E-state index is 12.2. The van der Waals surface area contributed by atoms with Gasteiger partial charge in [-0.1, -0.05) is 6.92 Å². The molecule has 3 nitrogen and oxygen atoms in total. The molecule has 1 amide bonds. The summed E-state index contributed by atoms with van der Waals surface area (Å²) >= 11 is 0. The summed E-state index contributed by atoms with van der Waals surface area (Å²) in [6.07, 6.45) is 5.98. The van der Waals surface area contributed by atoms with Crippen LogP contribution in [-0.4, -0.2) is 37.0 Å². The van der Waals surface area contributed by atoms with E-state index < -0.39 is 0 Å². The molecule has 1 saturated carbocycles. The van der Waals surface area contributed by atoms with Crippen LogP contribution in [0.5, 0.6) is 0 Å². The van der Waals surface area contributed by atoms with Crippen LogP contribution < -0.4 is 5.32 Å². The van der Waals surface area contributed by atoms with Crippen LogP contribution in [0.3, 0.4) is 0 Å². The highest BCUT2D eigenvalue weighted by Crippen LogP contribution is 2.37. The number of carbonyl (C=O) groups is 1. The summed E-state index contributed by atoms with van der Waals surface area (Å²) in [6, 6.07) is 0.462. The summed E-state index contributed by atoms with van der Waals surface area (Å²) in [5.74, 6) is 1.30. The van der Waals surface area contributed by atoms with Crippen LogP contribution >= 0.6 is 12.4 Å². The number of hydrogen-bond acceptors (Lipinski definition) is 2. The van der Waals surface area contributed by atoms with Gasteiger partial charge in [-0.05, 0) is 51.1 Å². The molecule has 0 aromatic carbocycles. The van der Waals surface area contributed by atoms with E-state index in [9.17, 15) is 4.79 Å². The number of nitrogens with one attached hydrogen (secondary N) is 1. The molecule has 1 aliphatic carbocycles. The van der Waals surface area contributed by atoms with Gasteiger partial charge in [0.05, 0.1) is 0 Å². The summed E-state index contributed by atoms with van der Waals surface area (Å²) in [4.78, 5) is 14.3. The molecule has 0 aromatic heterocycles. The fraction of sp³-hybridized carbons (Fsp3) is 0.923. The van der Waals surface area contributed by atoms with Crippen molar-refractivity contribution in [2.24, 2.45) is 11.8 Å². The zero-order valence-corrected chi connectivity index (χ0v) is 11.8. The summed E-state index contributed by atoms with van der Waals surface area (Å²) in [5.41, 5.74) is 0. The summed E-state index contributed by atoms with van der Waals surface area (Å²) < 4.78 is 0. The molecular weight excluding hydrogens is 236 g/mol. The lowest BCUT2D eigenvalue weighted by atomic mass is 10.0. The molecule has 0 radical (unpaired) electrons. The molecule has 0 spiro atoms. The van der Waals surface area contributed by atoms with Crippen molar-refractivity contribution in [3.05, 3.63) is 0 Å². The Morgan fingerprint density at radius 1 is 1.24 bits per heavy atom. The number of rotatable bonds is 3. The zero-order valence-electron chi connectivity index (χ0n) is 10.9. The first-order chi connectivity index (χ1) is 7.70. The second-order valence-electron chi connectivity index (χ2n) is 5.41. The maximum absolute atomic E-state index is 12.2. The number of amides is 1. The van der Waals surface area contributed by atoms with E-state index in [2.05, 4.69) is 12.2 Å². The molecule has 100 valence electrons. The van der Waals surface area contributed by atoms with E-state index in [-0.39, 0.29) is 18.3 Å². The first-order valence-corrected chi connectivity index (χ1v) is 6.67. The summed E-state index contributed by atoms with van der Waals surface area (Å²) in [7, 11) is 2.00. The lowest BCUT2D eigenvalue weighted by Crippen LogP contribution is -2.41. The topological polar surface area (TPSA) is 32.3 Å². The lowest BCUT2D eigenvalue weighted by molar-refractivity contribution is -0.136. The molecule has 4 heteroatoms. The Bertz CT molecular complexity index is 248. The molecular formula is C13H25ClN2O. The Balaban J connectivity index is 0.00000144. The number of carbonyl (C=O) groups excluding carboxylic acids is 1. The first-order valence-electron chi connectivity index (χ1n) is 6.67. The molecule has 1 aliphatic heterocycles. The van der Waals surface area contributed by atoms with Gasteiger partial charge in [-0.15, -0.1) is 12.4 Å². The third-order valence-electron chi connectivity index (χ3n) is 4.16. The first kappa shape index (κ1) is 14.8. The van der Waals surface area contributed by atoms with Crippen molar-refractivity contribution in [2.75, 3.05) is 20.1 Å². The average molecular weight is 261 g/mol. The van der Waals surface area contributed by atoms with Crippen molar-refractivity contribution < 1.29 is 4.79 Å². The van der Waals surface area contributed by atoms with Crippen LogP contribution in [-0.2, 0) is 4.79 Å². The zero-order chi connectivity index (χ0) is 11.5. The van der Waals surface area contributed by atoms with Crippen molar-refractivity contribution in [1.82, 2.24) is 10.2 Å². The third kappa shape index (κ3) is 3.85. The van der Waals surface area contributed by atoms with E-state index in [0.717, 1.165) is 25.9 Å². The van der Waals surface area contributed by atoms with Crippen LogP contribution in [0.15, 0.2) is 0 Å². The van der Waals surface area contributed by atoms with Crippen LogP contribution in [0.4, 0.5) is 0 Å². The van der Waals surface area contributed by atoms with Crippen molar-refractivity contribution in [3.8, 4) is 0 Å². The largest absolute Gasteiger partial charge is 0.342 e. The van der Waals surface area contributed by atoms with Gasteiger partial charge in [0.25, 0.3) is 0 Å². The van der Waals surface area contributed by atoms with E-state index in [1.165, 1.54) is 19.3 Å². The highest BCUT2D eigenvalue weighted by atomic mass is 35.5. The standard InChI is InChI=1S/C13H24N2O.ClH/c1-10(11-5-6-11)13(16)15(2)12-4-3-8-14-9-7-12;/h10-12,14H,3-9H2,1-2H3;1H. The Morgan fingerprint density at radius 2 is 1.94 bits per heavy atom. The molecule has 2 rings (SSSR count). The van der Waals surface area contributed by atoms with Gasteiger partial charge in [-0.3, -0.25) is 4.79 Å². The molecule has 1 N–H and O–H groups in total. The molecule has 0 aromatic rings. The number of hydrogen-bond donors (Lipinski definition) is 1. The maximum Gasteiger partial charge on any atom is 0.225 e. The van der Waals surface area contributed by atoms with Crippen molar-refractivity contribution in [3.63, 3.8) is 0 Å². The monoisotopic (exact) mass is 260 g/mol. The molecule has 1 heterocycles. The van der Waals surface area contributed by atoms with Crippen LogP contribution in [0, 0.1) is 11.8 Å². The highest BCUT2D eigenvalue weighted by molar-refractivity contribution is 5.85. The SMILES string of the molecule is CC(C(=O)N(C)C1CCCNCC1)C1CC1.Cl. The smallest absolute Gasteiger partial charge is 0.225 e. The average Bonchev–Trinajstić information content (AvgIpc) is 3.11. The molecule has 2 aliphatic rings. The van der Waals surface area contributed by atoms with E-state index in [0.29, 0.717) is 17.9 Å². The molecule has 2 unspecified atom stereocenters. The van der Waals surface area contributed by atoms with Crippen molar-refractivity contribution in [1.29, 1.82) is 0 Å². The minimum absolute atomic E-state index is 0. The van der Waals surface area contributed by atoms with Gasteiger partial charge in [-0.25, -0.2) is 0 Å².